The van der Waals surface area contributed by atoms with E-state index in [2.05, 4.69) is 27.3 Å². The summed E-state index contributed by atoms with van der Waals surface area (Å²) in [7, 11) is 0. The number of amides is 1. The molecule has 0 saturated carbocycles. The Balaban J connectivity index is 0.000000333. The number of pyridine rings is 1. The van der Waals surface area contributed by atoms with Gasteiger partial charge in [0, 0.05) is 45.2 Å². The smallest absolute Gasteiger partial charge is 0.475 e. The summed E-state index contributed by atoms with van der Waals surface area (Å²) in [5.74, 6) is -4.37. The Labute approximate surface area is 225 Å². The lowest BCUT2D eigenvalue weighted by Gasteiger charge is -2.34. The lowest BCUT2D eigenvalue weighted by molar-refractivity contribution is -0.193. The van der Waals surface area contributed by atoms with E-state index < -0.39 is 24.3 Å². The molecule has 10 nitrogen and oxygen atoms in total. The third-order valence-electron chi connectivity index (χ3n) is 6.47. The van der Waals surface area contributed by atoms with Crippen LogP contribution in [0.5, 0.6) is 0 Å². The largest absolute Gasteiger partial charge is 0.490 e. The summed E-state index contributed by atoms with van der Waals surface area (Å²) in [5.41, 5.74) is 1.28. The zero-order valence-corrected chi connectivity index (χ0v) is 21.3. The van der Waals surface area contributed by atoms with Gasteiger partial charge in [0.1, 0.15) is 6.10 Å². The van der Waals surface area contributed by atoms with Gasteiger partial charge in [0.15, 0.2) is 0 Å². The Morgan fingerprint density at radius 3 is 2.05 bits per heavy atom. The second-order valence-corrected chi connectivity index (χ2v) is 9.44. The molecule has 1 aromatic rings. The number of nitrogens with zero attached hydrogens (tertiary/aromatic N) is 2. The van der Waals surface area contributed by atoms with Crippen LogP contribution in [0.25, 0.3) is 0 Å². The van der Waals surface area contributed by atoms with Gasteiger partial charge in [0.2, 0.25) is 5.91 Å². The molecule has 3 aliphatic rings. The number of alkyl halides is 6. The van der Waals surface area contributed by atoms with Crippen LogP contribution in [0.3, 0.4) is 0 Å². The van der Waals surface area contributed by atoms with Gasteiger partial charge in [0.05, 0.1) is 6.10 Å². The van der Waals surface area contributed by atoms with Crippen LogP contribution in [0.15, 0.2) is 24.5 Å². The summed E-state index contributed by atoms with van der Waals surface area (Å²) in [5, 5.41) is 17.4. The topological polar surface area (TPSA) is 138 Å². The maximum atomic E-state index is 12.5. The van der Waals surface area contributed by atoms with Crippen molar-refractivity contribution in [3.63, 3.8) is 0 Å². The molecule has 3 atom stereocenters. The van der Waals surface area contributed by atoms with E-state index in [4.69, 9.17) is 29.3 Å². The Bertz CT molecular complexity index is 935. The molecule has 3 aliphatic heterocycles. The maximum Gasteiger partial charge on any atom is 0.490 e. The van der Waals surface area contributed by atoms with Gasteiger partial charge >= 0.3 is 24.3 Å². The van der Waals surface area contributed by atoms with Crippen molar-refractivity contribution in [3.05, 3.63) is 30.1 Å². The predicted molar refractivity (Wildman–Crippen MR) is 125 cm³/mol. The molecular weight excluding hydrogens is 556 g/mol. The van der Waals surface area contributed by atoms with Crippen molar-refractivity contribution in [2.24, 2.45) is 11.8 Å². The van der Waals surface area contributed by atoms with Crippen LogP contribution in [0, 0.1) is 11.8 Å². The van der Waals surface area contributed by atoms with Crippen molar-refractivity contribution in [1.29, 1.82) is 0 Å². The van der Waals surface area contributed by atoms with E-state index in [1.165, 1.54) is 5.56 Å². The van der Waals surface area contributed by atoms with Gasteiger partial charge in [0.25, 0.3) is 0 Å². The molecule has 4 heterocycles. The second kappa shape index (κ2) is 15.1. The molecule has 0 aliphatic carbocycles. The van der Waals surface area contributed by atoms with Crippen LogP contribution >= 0.6 is 0 Å². The summed E-state index contributed by atoms with van der Waals surface area (Å²) in [6, 6.07) is 4.13. The van der Waals surface area contributed by atoms with Crippen molar-refractivity contribution in [1.82, 2.24) is 15.2 Å². The number of hydrogen-bond acceptors (Lipinski definition) is 7. The first kappa shape index (κ1) is 33.2. The number of hydrogen-bond donors (Lipinski definition) is 3. The molecule has 1 aromatic heterocycles. The summed E-state index contributed by atoms with van der Waals surface area (Å²) in [6.07, 6.45) is -2.51. The number of aliphatic carboxylic acids is 2. The fourth-order valence-electron chi connectivity index (χ4n) is 4.36. The van der Waals surface area contributed by atoms with Gasteiger partial charge in [-0.2, -0.15) is 26.3 Å². The monoisotopic (exact) mass is 587 g/mol. The van der Waals surface area contributed by atoms with Crippen molar-refractivity contribution in [2.45, 2.75) is 56.8 Å². The van der Waals surface area contributed by atoms with Crippen molar-refractivity contribution in [2.75, 3.05) is 32.8 Å². The first-order valence-corrected chi connectivity index (χ1v) is 12.4. The van der Waals surface area contributed by atoms with Gasteiger partial charge in [-0.25, -0.2) is 9.59 Å². The minimum absolute atomic E-state index is 0.0755. The summed E-state index contributed by atoms with van der Waals surface area (Å²) in [6.45, 7) is 5.30. The zero-order chi connectivity index (χ0) is 29.9. The van der Waals surface area contributed by atoms with E-state index >= 15 is 0 Å². The number of nitrogens with one attached hydrogen (secondary N) is 1. The molecule has 0 radical (unpaired) electrons. The minimum atomic E-state index is -5.08. The summed E-state index contributed by atoms with van der Waals surface area (Å²) < 4.78 is 75.0. The highest BCUT2D eigenvalue weighted by molar-refractivity contribution is 5.81. The number of rotatable bonds is 5. The standard InChI is InChI=1S/C20H29N3O3.2C2HF3O2/c24-20(22-12-15-4-9-25-10-5-15)18-11-17-3-8-23(14-19(17)26-18)13-16-1-6-21-7-2-16;2*3-2(4,5)1(6)7/h1-2,6-7,15,17-19H,3-5,8-14H2,(H,22,24);2*(H,6,7)/t17-,18+,19-;;/m0../s1. The predicted octanol–water partition coefficient (Wildman–Crippen LogP) is 2.87. The molecule has 3 fully saturated rings. The molecule has 0 aromatic carbocycles. The second-order valence-electron chi connectivity index (χ2n) is 9.44. The van der Waals surface area contributed by atoms with Crippen LogP contribution < -0.4 is 5.32 Å². The normalized spacial score (nSPS) is 23.5. The number of fused-ring (bicyclic) bond motifs is 1. The highest BCUT2D eigenvalue weighted by Gasteiger charge is 2.42. The van der Waals surface area contributed by atoms with Gasteiger partial charge < -0.3 is 25.0 Å². The van der Waals surface area contributed by atoms with Crippen LogP contribution in [-0.2, 0) is 30.4 Å². The molecule has 0 spiro atoms. The number of aromatic nitrogens is 1. The Kier molecular flexibility index (Phi) is 12.6. The van der Waals surface area contributed by atoms with Crippen molar-refractivity contribution in [3.8, 4) is 0 Å². The highest BCUT2D eigenvalue weighted by Crippen LogP contribution is 2.34. The van der Waals surface area contributed by atoms with Crippen molar-refractivity contribution >= 4 is 17.8 Å². The van der Waals surface area contributed by atoms with Gasteiger partial charge in [-0.3, -0.25) is 14.7 Å². The molecule has 3 saturated heterocycles. The number of halogens is 6. The minimum Gasteiger partial charge on any atom is -0.475 e. The van der Waals surface area contributed by atoms with Gasteiger partial charge in [-0.15, -0.1) is 0 Å². The molecular formula is C24H31F6N3O7. The SMILES string of the molecule is O=C(NCC1CCOCC1)[C@H]1C[C@@H]2CCN(Cc3ccncc3)C[C@@H]2O1.O=C(O)C(F)(F)F.O=C(O)C(F)(F)F. The number of carbonyl (C=O) groups excluding carboxylic acids is 1. The average Bonchev–Trinajstić information content (AvgIpc) is 3.32. The Morgan fingerprint density at radius 2 is 1.52 bits per heavy atom. The Hall–Kier alpha value is -2.98. The number of ether oxygens (including phenoxy) is 2. The number of piperidine rings is 1. The highest BCUT2D eigenvalue weighted by atomic mass is 19.4. The summed E-state index contributed by atoms with van der Waals surface area (Å²) in [4.78, 5) is 36.8. The van der Waals surface area contributed by atoms with E-state index in [0.29, 0.717) is 11.8 Å². The first-order chi connectivity index (χ1) is 18.7. The van der Waals surface area contributed by atoms with Crippen LogP contribution in [0.1, 0.15) is 31.2 Å². The zero-order valence-electron chi connectivity index (χ0n) is 21.3. The quantitative estimate of drug-likeness (QED) is 0.444. The number of carboxylic acid groups (broad SMARTS) is 2. The van der Waals surface area contributed by atoms with Gasteiger partial charge in [-0.1, -0.05) is 0 Å². The Morgan fingerprint density at radius 1 is 0.975 bits per heavy atom. The molecule has 4 rings (SSSR count). The lowest BCUT2D eigenvalue weighted by Crippen LogP contribution is -2.42. The molecule has 3 N–H and O–H groups in total. The van der Waals surface area contributed by atoms with E-state index in [9.17, 15) is 31.1 Å². The third kappa shape index (κ3) is 11.6. The van der Waals surface area contributed by atoms with Crippen molar-refractivity contribution < 1.29 is 60.4 Å². The average molecular weight is 588 g/mol. The van der Waals surface area contributed by atoms with Gasteiger partial charge in [-0.05, 0) is 61.8 Å². The van der Waals surface area contributed by atoms with E-state index in [1.807, 2.05) is 12.4 Å². The van der Waals surface area contributed by atoms with E-state index in [-0.39, 0.29) is 18.1 Å². The van der Waals surface area contributed by atoms with Crippen LogP contribution in [0.4, 0.5) is 26.3 Å². The first-order valence-electron chi connectivity index (χ1n) is 12.4. The molecule has 1 amide bonds. The molecule has 0 bridgehead atoms. The van der Waals surface area contributed by atoms with Crippen LogP contribution in [-0.4, -0.2) is 95.4 Å². The maximum absolute atomic E-state index is 12.5. The molecule has 0 unspecified atom stereocenters. The molecule has 226 valence electrons. The molecule has 40 heavy (non-hydrogen) atoms. The third-order valence-corrected chi connectivity index (χ3v) is 6.47. The van der Waals surface area contributed by atoms with Crippen LogP contribution in [0.2, 0.25) is 0 Å². The number of carbonyl (C=O) groups is 3. The van der Waals surface area contributed by atoms with E-state index in [0.717, 1.165) is 65.1 Å². The molecule has 16 heteroatoms. The summed E-state index contributed by atoms with van der Waals surface area (Å²) >= 11 is 0. The lowest BCUT2D eigenvalue weighted by atomic mass is 9.91. The fourth-order valence-corrected chi connectivity index (χ4v) is 4.36. The fraction of sp³-hybridized carbons (Fsp3) is 0.667. The number of likely N-dealkylation sites (tertiary alicyclic amines) is 1. The van der Waals surface area contributed by atoms with E-state index in [1.54, 1.807) is 0 Å². The number of carboxylic acids is 2.